The monoisotopic (exact) mass is 236 g/mol. The Balaban J connectivity index is 1.90. The summed E-state index contributed by atoms with van der Waals surface area (Å²) in [4.78, 5) is 10.7. The van der Waals surface area contributed by atoms with Crippen LogP contribution >= 0.6 is 11.3 Å². The third-order valence-corrected chi connectivity index (χ3v) is 2.76. The molecule has 2 rings (SSSR count). The van der Waals surface area contributed by atoms with Crippen molar-refractivity contribution >= 4 is 22.9 Å². The van der Waals surface area contributed by atoms with Gasteiger partial charge in [-0.1, -0.05) is 0 Å². The highest BCUT2D eigenvalue weighted by atomic mass is 32.1. The van der Waals surface area contributed by atoms with Crippen LogP contribution in [0.15, 0.2) is 29.2 Å². The van der Waals surface area contributed by atoms with E-state index in [1.54, 1.807) is 23.7 Å². The van der Waals surface area contributed by atoms with Gasteiger partial charge in [-0.05, 0) is 22.4 Å². The number of primary amides is 1. The molecule has 2 aromatic heterocycles. The lowest BCUT2D eigenvalue weighted by Gasteiger charge is -2.00. The average molecular weight is 236 g/mol. The number of nitrogens with zero attached hydrogens (tertiary/aromatic N) is 2. The summed E-state index contributed by atoms with van der Waals surface area (Å²) in [7, 11) is 0. The molecular formula is C10H12N4OS. The van der Waals surface area contributed by atoms with Gasteiger partial charge in [0.15, 0.2) is 0 Å². The van der Waals surface area contributed by atoms with Gasteiger partial charge < -0.3 is 11.1 Å². The van der Waals surface area contributed by atoms with E-state index >= 15 is 0 Å². The van der Waals surface area contributed by atoms with Crippen molar-refractivity contribution in [2.24, 2.45) is 5.73 Å². The summed E-state index contributed by atoms with van der Waals surface area (Å²) in [6.07, 6.45) is 3.44. The number of nitrogens with two attached hydrogens (primary N) is 1. The van der Waals surface area contributed by atoms with Gasteiger partial charge >= 0.3 is 0 Å². The molecule has 0 aliphatic carbocycles. The Morgan fingerprint density at radius 2 is 2.50 bits per heavy atom. The van der Waals surface area contributed by atoms with Gasteiger partial charge in [0.25, 0.3) is 0 Å². The second-order valence-electron chi connectivity index (χ2n) is 3.38. The predicted molar refractivity (Wildman–Crippen MR) is 63.1 cm³/mol. The zero-order valence-corrected chi connectivity index (χ0v) is 9.41. The number of aromatic nitrogens is 2. The number of hydrogen-bond donors (Lipinski definition) is 2. The lowest BCUT2D eigenvalue weighted by atomic mass is 10.3. The molecule has 84 valence electrons. The summed E-state index contributed by atoms with van der Waals surface area (Å²) in [6, 6.07) is 2.06. The van der Waals surface area contributed by atoms with Gasteiger partial charge in [-0.15, -0.1) is 0 Å². The molecule has 3 N–H and O–H groups in total. The Bertz CT molecular complexity index is 463. The van der Waals surface area contributed by atoms with Crippen LogP contribution in [-0.4, -0.2) is 15.7 Å². The maximum absolute atomic E-state index is 10.7. The molecule has 2 aromatic rings. The molecule has 0 saturated heterocycles. The van der Waals surface area contributed by atoms with E-state index in [1.165, 1.54) is 10.2 Å². The van der Waals surface area contributed by atoms with Gasteiger partial charge in [0.2, 0.25) is 5.91 Å². The zero-order chi connectivity index (χ0) is 11.4. The third kappa shape index (κ3) is 2.83. The standard InChI is InChI=1S/C10H12N4OS/c11-10(15)6-14-5-9(4-13-14)12-3-8-1-2-16-7-8/h1-2,4-5,7,12H,3,6H2,(H2,11,15). The molecule has 0 spiro atoms. The van der Waals surface area contributed by atoms with E-state index in [1.807, 2.05) is 5.38 Å². The fraction of sp³-hybridized carbons (Fsp3) is 0.200. The van der Waals surface area contributed by atoms with Crippen LogP contribution in [0.1, 0.15) is 5.56 Å². The average Bonchev–Trinajstić information content (AvgIpc) is 2.84. The molecule has 0 fully saturated rings. The summed E-state index contributed by atoms with van der Waals surface area (Å²) in [5.74, 6) is -0.396. The number of nitrogens with one attached hydrogen (secondary N) is 1. The van der Waals surface area contributed by atoms with Crippen molar-refractivity contribution in [3.05, 3.63) is 34.8 Å². The lowest BCUT2D eigenvalue weighted by molar-refractivity contribution is -0.118. The molecule has 0 aliphatic heterocycles. The largest absolute Gasteiger partial charge is 0.378 e. The minimum absolute atomic E-state index is 0.111. The predicted octanol–water partition coefficient (Wildman–Crippen LogP) is 1.04. The minimum atomic E-state index is -0.396. The number of carbonyl (C=O) groups excluding carboxylic acids is 1. The Morgan fingerprint density at radius 1 is 1.62 bits per heavy atom. The van der Waals surface area contributed by atoms with E-state index in [-0.39, 0.29) is 6.54 Å². The van der Waals surface area contributed by atoms with Gasteiger partial charge in [0, 0.05) is 12.7 Å². The number of anilines is 1. The second kappa shape index (κ2) is 4.80. The normalized spacial score (nSPS) is 10.2. The molecule has 16 heavy (non-hydrogen) atoms. The Labute approximate surface area is 96.9 Å². The third-order valence-electron chi connectivity index (χ3n) is 2.03. The molecule has 5 nitrogen and oxygen atoms in total. The van der Waals surface area contributed by atoms with Crippen LogP contribution in [0.3, 0.4) is 0 Å². The maximum atomic E-state index is 10.7. The Hall–Kier alpha value is -1.82. The first-order valence-corrected chi connectivity index (χ1v) is 5.74. The summed E-state index contributed by atoms with van der Waals surface area (Å²) in [6.45, 7) is 0.867. The summed E-state index contributed by atoms with van der Waals surface area (Å²) in [5.41, 5.74) is 7.18. The van der Waals surface area contributed by atoms with Gasteiger partial charge in [0.05, 0.1) is 11.9 Å². The fourth-order valence-electron chi connectivity index (χ4n) is 1.30. The number of hydrogen-bond acceptors (Lipinski definition) is 4. The number of amides is 1. The first-order chi connectivity index (χ1) is 7.74. The molecule has 0 unspecified atom stereocenters. The van der Waals surface area contributed by atoms with Crippen molar-refractivity contribution in [1.82, 2.24) is 9.78 Å². The van der Waals surface area contributed by atoms with E-state index in [0.29, 0.717) is 0 Å². The minimum Gasteiger partial charge on any atom is -0.378 e. The van der Waals surface area contributed by atoms with Gasteiger partial charge in [-0.25, -0.2) is 0 Å². The Morgan fingerprint density at radius 3 is 3.19 bits per heavy atom. The molecule has 0 saturated carbocycles. The highest BCUT2D eigenvalue weighted by Crippen LogP contribution is 2.10. The fourth-order valence-corrected chi connectivity index (χ4v) is 1.97. The highest BCUT2D eigenvalue weighted by Gasteiger charge is 2.01. The number of carbonyl (C=O) groups is 1. The smallest absolute Gasteiger partial charge is 0.239 e. The first-order valence-electron chi connectivity index (χ1n) is 4.80. The van der Waals surface area contributed by atoms with Crippen LogP contribution < -0.4 is 11.1 Å². The van der Waals surface area contributed by atoms with E-state index in [4.69, 9.17) is 5.73 Å². The maximum Gasteiger partial charge on any atom is 0.239 e. The molecule has 2 heterocycles. The molecule has 6 heteroatoms. The van der Waals surface area contributed by atoms with E-state index in [0.717, 1.165) is 12.2 Å². The lowest BCUT2D eigenvalue weighted by Crippen LogP contribution is -2.18. The van der Waals surface area contributed by atoms with E-state index in [2.05, 4.69) is 21.9 Å². The Kier molecular flexibility index (Phi) is 3.21. The van der Waals surface area contributed by atoms with Crippen LogP contribution in [0, 0.1) is 0 Å². The van der Waals surface area contributed by atoms with Crippen molar-refractivity contribution in [3.63, 3.8) is 0 Å². The van der Waals surface area contributed by atoms with Crippen molar-refractivity contribution in [1.29, 1.82) is 0 Å². The quantitative estimate of drug-likeness (QED) is 0.814. The molecule has 1 amide bonds. The second-order valence-corrected chi connectivity index (χ2v) is 4.16. The van der Waals surface area contributed by atoms with Crippen LogP contribution in [0.4, 0.5) is 5.69 Å². The molecular weight excluding hydrogens is 224 g/mol. The molecule has 0 aromatic carbocycles. The zero-order valence-electron chi connectivity index (χ0n) is 8.59. The first kappa shape index (κ1) is 10.7. The molecule has 0 atom stereocenters. The molecule has 0 aliphatic rings. The van der Waals surface area contributed by atoms with Gasteiger partial charge in [0.1, 0.15) is 6.54 Å². The van der Waals surface area contributed by atoms with Crippen molar-refractivity contribution in [3.8, 4) is 0 Å². The number of rotatable bonds is 5. The summed E-state index contributed by atoms with van der Waals surface area (Å²) >= 11 is 1.67. The van der Waals surface area contributed by atoms with Crippen molar-refractivity contribution in [2.75, 3.05) is 5.32 Å². The van der Waals surface area contributed by atoms with Gasteiger partial charge in [-0.2, -0.15) is 16.4 Å². The van der Waals surface area contributed by atoms with Crippen molar-refractivity contribution < 1.29 is 4.79 Å². The summed E-state index contributed by atoms with van der Waals surface area (Å²) < 4.78 is 1.51. The highest BCUT2D eigenvalue weighted by molar-refractivity contribution is 7.07. The number of thiophene rings is 1. The van der Waals surface area contributed by atoms with E-state index in [9.17, 15) is 4.79 Å². The van der Waals surface area contributed by atoms with Crippen LogP contribution in [0.2, 0.25) is 0 Å². The topological polar surface area (TPSA) is 72.9 Å². The SMILES string of the molecule is NC(=O)Cn1cc(NCc2ccsc2)cn1. The van der Waals surface area contributed by atoms with Crippen LogP contribution in [0.5, 0.6) is 0 Å². The van der Waals surface area contributed by atoms with Crippen LogP contribution in [0.25, 0.3) is 0 Å². The van der Waals surface area contributed by atoms with Crippen LogP contribution in [-0.2, 0) is 17.9 Å². The molecule has 0 radical (unpaired) electrons. The van der Waals surface area contributed by atoms with E-state index < -0.39 is 5.91 Å². The van der Waals surface area contributed by atoms with Crippen molar-refractivity contribution in [2.45, 2.75) is 13.1 Å². The summed E-state index contributed by atoms with van der Waals surface area (Å²) in [5, 5.41) is 11.3. The van der Waals surface area contributed by atoms with Gasteiger partial charge in [-0.3, -0.25) is 9.48 Å². The molecule has 0 bridgehead atoms.